The molecule has 1 saturated carbocycles. The van der Waals surface area contributed by atoms with Gasteiger partial charge in [-0.2, -0.15) is 0 Å². The van der Waals surface area contributed by atoms with Gasteiger partial charge in [-0.15, -0.1) is 0 Å². The van der Waals surface area contributed by atoms with Crippen molar-refractivity contribution in [2.75, 3.05) is 7.05 Å². The Morgan fingerprint density at radius 1 is 1.00 bits per heavy atom. The van der Waals surface area contributed by atoms with Crippen molar-refractivity contribution >= 4 is 17.7 Å². The largest absolute Gasteiger partial charge is 0.451 e. The van der Waals surface area contributed by atoms with Gasteiger partial charge in [0, 0.05) is 25.4 Å². The van der Waals surface area contributed by atoms with Crippen LogP contribution in [0.2, 0.25) is 0 Å². The molecular formula is C28H32N4O4. The van der Waals surface area contributed by atoms with Crippen molar-refractivity contribution in [1.82, 2.24) is 20.9 Å². The number of likely N-dealkylation sites (N-methyl/N-ethyl adjacent to an activating group) is 1. The average Bonchev–Trinajstić information content (AvgIpc) is 3.41. The molecule has 0 radical (unpaired) electrons. The van der Waals surface area contributed by atoms with Gasteiger partial charge in [0.05, 0.1) is 0 Å². The normalized spacial score (nSPS) is 14.6. The first-order valence-electron chi connectivity index (χ1n) is 12.4. The molecule has 3 amide bonds. The van der Waals surface area contributed by atoms with Crippen LogP contribution in [0.5, 0.6) is 0 Å². The Labute approximate surface area is 210 Å². The van der Waals surface area contributed by atoms with Crippen molar-refractivity contribution in [2.45, 2.75) is 51.6 Å². The Balaban J connectivity index is 1.37. The smallest absolute Gasteiger partial charge is 0.287 e. The monoisotopic (exact) mass is 488 g/mol. The van der Waals surface area contributed by atoms with Crippen LogP contribution in [0.1, 0.15) is 64.3 Å². The second kappa shape index (κ2) is 11.7. The van der Waals surface area contributed by atoms with Crippen molar-refractivity contribution in [1.29, 1.82) is 0 Å². The predicted octanol–water partition coefficient (Wildman–Crippen LogP) is 4.00. The number of nitrogens with one attached hydrogen (secondary N) is 3. The highest BCUT2D eigenvalue weighted by Crippen LogP contribution is 2.27. The van der Waals surface area contributed by atoms with Gasteiger partial charge < -0.3 is 20.4 Å². The number of amides is 3. The van der Waals surface area contributed by atoms with Gasteiger partial charge in [-0.25, -0.2) is 0 Å². The molecule has 0 bridgehead atoms. The van der Waals surface area contributed by atoms with E-state index < -0.39 is 11.9 Å². The molecule has 1 fully saturated rings. The zero-order chi connectivity index (χ0) is 25.5. The maximum atomic E-state index is 12.9. The molecule has 188 valence electrons. The van der Waals surface area contributed by atoms with E-state index >= 15 is 0 Å². The average molecular weight is 489 g/mol. The van der Waals surface area contributed by atoms with E-state index in [1.165, 1.54) is 6.42 Å². The number of pyridine rings is 1. The molecule has 1 aliphatic carbocycles. The Bertz CT molecular complexity index is 1210. The summed E-state index contributed by atoms with van der Waals surface area (Å²) in [5.41, 5.74) is 2.96. The Kier molecular flexibility index (Phi) is 8.15. The Hall–Kier alpha value is -3.94. The maximum absolute atomic E-state index is 12.9. The molecule has 0 spiro atoms. The Morgan fingerprint density at radius 3 is 2.44 bits per heavy atom. The van der Waals surface area contributed by atoms with E-state index in [4.69, 9.17) is 4.42 Å². The number of carbonyl (C=O) groups excluding carboxylic acids is 3. The number of benzene rings is 1. The number of furan rings is 1. The number of hydrogen-bond acceptors (Lipinski definition) is 5. The highest BCUT2D eigenvalue weighted by atomic mass is 16.4. The van der Waals surface area contributed by atoms with Crippen LogP contribution in [0.15, 0.2) is 59.1 Å². The van der Waals surface area contributed by atoms with Crippen molar-refractivity contribution in [3.63, 3.8) is 0 Å². The van der Waals surface area contributed by atoms with Crippen LogP contribution in [0.25, 0.3) is 11.3 Å². The van der Waals surface area contributed by atoms with E-state index in [9.17, 15) is 14.4 Å². The fraction of sp³-hybridized carbons (Fsp3) is 0.357. The van der Waals surface area contributed by atoms with Gasteiger partial charge in [-0.3, -0.25) is 19.4 Å². The number of rotatable bonds is 8. The zero-order valence-corrected chi connectivity index (χ0v) is 20.7. The molecule has 0 unspecified atom stereocenters. The fourth-order valence-corrected chi connectivity index (χ4v) is 4.62. The summed E-state index contributed by atoms with van der Waals surface area (Å²) in [6.07, 6.45) is 6.76. The highest BCUT2D eigenvalue weighted by molar-refractivity contribution is 5.96. The third-order valence-corrected chi connectivity index (χ3v) is 6.68. The lowest BCUT2D eigenvalue weighted by Crippen LogP contribution is -2.50. The minimum absolute atomic E-state index is 0.131. The summed E-state index contributed by atoms with van der Waals surface area (Å²) < 4.78 is 5.82. The van der Waals surface area contributed by atoms with E-state index in [2.05, 4.69) is 20.9 Å². The van der Waals surface area contributed by atoms with Crippen LogP contribution in [-0.4, -0.2) is 35.8 Å². The predicted molar refractivity (Wildman–Crippen MR) is 136 cm³/mol. The molecule has 1 aliphatic rings. The quantitative estimate of drug-likeness (QED) is 0.444. The van der Waals surface area contributed by atoms with E-state index in [1.54, 1.807) is 31.4 Å². The van der Waals surface area contributed by atoms with Crippen LogP contribution in [0.4, 0.5) is 0 Å². The van der Waals surface area contributed by atoms with Gasteiger partial charge in [-0.1, -0.05) is 49.6 Å². The van der Waals surface area contributed by atoms with Crippen LogP contribution in [0, 0.1) is 12.8 Å². The lowest BCUT2D eigenvalue weighted by atomic mass is 9.83. The minimum Gasteiger partial charge on any atom is -0.451 e. The minimum atomic E-state index is -0.569. The van der Waals surface area contributed by atoms with Gasteiger partial charge in [0.1, 0.15) is 17.5 Å². The topological polar surface area (TPSA) is 113 Å². The third kappa shape index (κ3) is 6.00. The van der Waals surface area contributed by atoms with E-state index in [-0.39, 0.29) is 23.5 Å². The highest BCUT2D eigenvalue weighted by Gasteiger charge is 2.31. The first-order valence-corrected chi connectivity index (χ1v) is 12.4. The summed E-state index contributed by atoms with van der Waals surface area (Å²) in [7, 11) is 1.59. The lowest BCUT2D eigenvalue weighted by Gasteiger charge is -2.29. The molecule has 0 aliphatic heterocycles. The third-order valence-electron chi connectivity index (χ3n) is 6.68. The summed E-state index contributed by atoms with van der Waals surface area (Å²) in [5, 5.41) is 8.44. The number of hydrogen-bond donors (Lipinski definition) is 3. The molecule has 3 N–H and O–H groups in total. The summed E-state index contributed by atoms with van der Waals surface area (Å²) in [4.78, 5) is 41.8. The second-order valence-electron chi connectivity index (χ2n) is 9.18. The van der Waals surface area contributed by atoms with Gasteiger partial charge in [0.2, 0.25) is 5.91 Å². The molecule has 3 aromatic rings. The molecule has 2 heterocycles. The van der Waals surface area contributed by atoms with E-state index in [1.807, 2.05) is 37.3 Å². The van der Waals surface area contributed by atoms with Crippen LogP contribution >= 0.6 is 0 Å². The van der Waals surface area contributed by atoms with Crippen LogP contribution in [-0.2, 0) is 11.3 Å². The lowest BCUT2D eigenvalue weighted by molar-refractivity contribution is -0.124. The SMILES string of the molecule is CNC(=O)[C@@H](NC(=O)c1ccc(-c2ccc(CNC(=O)c3ncccc3C)cc2)o1)C1CCCCC1. The van der Waals surface area contributed by atoms with E-state index in [0.29, 0.717) is 18.0 Å². The van der Waals surface area contributed by atoms with Gasteiger partial charge in [0.25, 0.3) is 11.8 Å². The Morgan fingerprint density at radius 2 is 1.75 bits per heavy atom. The van der Waals surface area contributed by atoms with Gasteiger partial charge >= 0.3 is 0 Å². The summed E-state index contributed by atoms with van der Waals surface area (Å²) >= 11 is 0. The van der Waals surface area contributed by atoms with Gasteiger partial charge in [0.15, 0.2) is 5.76 Å². The molecule has 8 heteroatoms. The summed E-state index contributed by atoms with van der Waals surface area (Å²) in [5.74, 6) is 0.0483. The molecule has 36 heavy (non-hydrogen) atoms. The number of aryl methyl sites for hydroxylation is 1. The van der Waals surface area contributed by atoms with Crippen molar-refractivity contribution in [2.24, 2.45) is 5.92 Å². The molecule has 4 rings (SSSR count). The first-order chi connectivity index (χ1) is 17.5. The van der Waals surface area contributed by atoms with Gasteiger partial charge in [-0.05, 0) is 55.0 Å². The van der Waals surface area contributed by atoms with Crippen molar-refractivity contribution in [3.8, 4) is 11.3 Å². The van der Waals surface area contributed by atoms with Crippen LogP contribution in [0.3, 0.4) is 0 Å². The van der Waals surface area contributed by atoms with Crippen molar-refractivity contribution < 1.29 is 18.8 Å². The first kappa shape index (κ1) is 25.2. The molecule has 2 aromatic heterocycles. The molecule has 8 nitrogen and oxygen atoms in total. The number of nitrogens with zero attached hydrogens (tertiary/aromatic N) is 1. The standard InChI is InChI=1S/C28H32N4O4/c1-18-7-6-16-30-24(18)28(35)31-17-19-10-12-20(13-11-19)22-14-15-23(36-22)26(33)32-25(27(34)29-2)21-8-4-3-5-9-21/h6-7,10-16,21,25H,3-5,8-9,17H2,1-2H3,(H,29,34)(H,31,35)(H,32,33)/t25-/m0/s1. The molecular weight excluding hydrogens is 456 g/mol. The van der Waals surface area contributed by atoms with E-state index in [0.717, 1.165) is 42.4 Å². The molecule has 1 aromatic carbocycles. The molecule has 0 saturated heterocycles. The number of aromatic nitrogens is 1. The van der Waals surface area contributed by atoms with Crippen molar-refractivity contribution in [3.05, 3.63) is 77.3 Å². The fourth-order valence-electron chi connectivity index (χ4n) is 4.62. The maximum Gasteiger partial charge on any atom is 0.287 e. The second-order valence-corrected chi connectivity index (χ2v) is 9.18. The molecule has 1 atom stereocenters. The van der Waals surface area contributed by atoms with Crippen LogP contribution < -0.4 is 16.0 Å². The number of carbonyl (C=O) groups is 3. The summed E-state index contributed by atoms with van der Waals surface area (Å²) in [6, 6.07) is 14.0. The zero-order valence-electron chi connectivity index (χ0n) is 20.7. The summed E-state index contributed by atoms with van der Waals surface area (Å²) in [6.45, 7) is 2.21.